The molecule has 0 aliphatic heterocycles. The van der Waals surface area contributed by atoms with Crippen molar-refractivity contribution in [1.82, 2.24) is 15.5 Å². The quantitative estimate of drug-likeness (QED) is 0.408. The van der Waals surface area contributed by atoms with Gasteiger partial charge in [-0.15, -0.1) is 0 Å². The van der Waals surface area contributed by atoms with Crippen LogP contribution in [0.25, 0.3) is 0 Å². The molecular formula is C18H13Cl5N4O2. The number of halogens is 5. The number of carbonyl (C=O) groups is 1. The number of rotatable bonds is 5. The molecule has 2 amide bonds. The summed E-state index contributed by atoms with van der Waals surface area (Å²) in [5, 5.41) is 10.5. The normalized spacial score (nSPS) is 12.4. The number of benzene rings is 2. The number of nitrogens with one attached hydrogen (secondary N) is 2. The summed E-state index contributed by atoms with van der Waals surface area (Å²) in [6.07, 6.45) is 0.351. The number of anilines is 1. The van der Waals surface area contributed by atoms with E-state index in [-0.39, 0.29) is 11.7 Å². The molecule has 0 unspecified atom stereocenters. The Morgan fingerprint density at radius 3 is 2.14 bits per heavy atom. The first-order valence-corrected chi connectivity index (χ1v) is 10.1. The first kappa shape index (κ1) is 22.0. The van der Waals surface area contributed by atoms with Crippen molar-refractivity contribution in [3.63, 3.8) is 0 Å². The highest BCUT2D eigenvalue weighted by atomic mass is 35.6. The van der Waals surface area contributed by atoms with Gasteiger partial charge in [-0.05, 0) is 42.0 Å². The van der Waals surface area contributed by atoms with Gasteiger partial charge in [0.1, 0.15) is 0 Å². The second-order valence-corrected chi connectivity index (χ2v) is 9.10. The number of alkyl halides is 3. The SMILES string of the molecule is O=C(Nc1ccc(Cl)cc1)N[C@@H](Cc1ccc(Cl)cc1)c1noc(C(Cl)(Cl)Cl)n1. The van der Waals surface area contributed by atoms with E-state index in [9.17, 15) is 4.79 Å². The highest BCUT2D eigenvalue weighted by molar-refractivity contribution is 6.66. The van der Waals surface area contributed by atoms with E-state index in [4.69, 9.17) is 62.5 Å². The van der Waals surface area contributed by atoms with E-state index in [1.807, 2.05) is 12.1 Å². The van der Waals surface area contributed by atoms with Crippen LogP contribution in [0, 0.1) is 0 Å². The van der Waals surface area contributed by atoms with Gasteiger partial charge in [0.05, 0.1) is 6.04 Å². The van der Waals surface area contributed by atoms with E-state index in [1.165, 1.54) is 0 Å². The van der Waals surface area contributed by atoms with Gasteiger partial charge in [-0.2, -0.15) is 4.98 Å². The molecule has 2 N–H and O–H groups in total. The van der Waals surface area contributed by atoms with Crippen LogP contribution >= 0.6 is 58.0 Å². The van der Waals surface area contributed by atoms with Crippen LogP contribution in [0.3, 0.4) is 0 Å². The van der Waals surface area contributed by atoms with Gasteiger partial charge in [-0.25, -0.2) is 4.79 Å². The summed E-state index contributed by atoms with van der Waals surface area (Å²) < 4.78 is 3.14. The molecular weight excluding hydrogens is 481 g/mol. The highest BCUT2D eigenvalue weighted by Gasteiger charge is 2.32. The summed E-state index contributed by atoms with van der Waals surface area (Å²) in [7, 11) is 0. The van der Waals surface area contributed by atoms with Crippen LogP contribution in [0.2, 0.25) is 10.0 Å². The summed E-state index contributed by atoms with van der Waals surface area (Å²) >= 11 is 29.2. The van der Waals surface area contributed by atoms with Gasteiger partial charge >= 0.3 is 6.03 Å². The summed E-state index contributed by atoms with van der Waals surface area (Å²) in [4.78, 5) is 16.6. The van der Waals surface area contributed by atoms with Gasteiger partial charge in [0, 0.05) is 22.2 Å². The fraction of sp³-hybridized carbons (Fsp3) is 0.167. The smallest absolute Gasteiger partial charge is 0.319 e. The summed E-state index contributed by atoms with van der Waals surface area (Å²) in [5.74, 6) is -0.0361. The minimum atomic E-state index is -1.87. The van der Waals surface area contributed by atoms with Crippen molar-refractivity contribution in [2.75, 3.05) is 5.32 Å². The second-order valence-electron chi connectivity index (χ2n) is 5.94. The van der Waals surface area contributed by atoms with Crippen LogP contribution in [-0.4, -0.2) is 16.2 Å². The Kier molecular flexibility index (Phi) is 7.14. The van der Waals surface area contributed by atoms with Crippen LogP contribution in [0.5, 0.6) is 0 Å². The van der Waals surface area contributed by atoms with Crippen molar-refractivity contribution in [1.29, 1.82) is 0 Å². The molecule has 3 rings (SSSR count). The minimum absolute atomic E-state index is 0.160. The zero-order valence-electron chi connectivity index (χ0n) is 14.5. The fourth-order valence-electron chi connectivity index (χ4n) is 2.41. The predicted octanol–water partition coefficient (Wildman–Crippen LogP) is 6.31. The number of nitrogens with zero attached hydrogens (tertiary/aromatic N) is 2. The van der Waals surface area contributed by atoms with E-state index in [0.29, 0.717) is 22.2 Å². The van der Waals surface area contributed by atoms with Crippen molar-refractivity contribution in [3.8, 4) is 0 Å². The molecule has 0 aliphatic rings. The van der Waals surface area contributed by atoms with E-state index < -0.39 is 15.9 Å². The Labute approximate surface area is 191 Å². The van der Waals surface area contributed by atoms with Crippen molar-refractivity contribution in [3.05, 3.63) is 75.9 Å². The summed E-state index contributed by atoms with van der Waals surface area (Å²) in [6.45, 7) is 0. The van der Waals surface area contributed by atoms with Gasteiger partial charge in [-0.3, -0.25) is 0 Å². The maximum atomic E-state index is 12.5. The molecule has 0 saturated heterocycles. The minimum Gasteiger partial charge on any atom is -0.334 e. The first-order chi connectivity index (χ1) is 13.7. The maximum Gasteiger partial charge on any atom is 0.319 e. The third-order valence-electron chi connectivity index (χ3n) is 3.76. The van der Waals surface area contributed by atoms with Gasteiger partial charge in [0.15, 0.2) is 5.82 Å². The lowest BCUT2D eigenvalue weighted by Gasteiger charge is -2.16. The van der Waals surface area contributed by atoms with Crippen LogP contribution in [0.1, 0.15) is 23.3 Å². The number of aromatic nitrogens is 2. The molecule has 1 heterocycles. The Balaban J connectivity index is 1.79. The van der Waals surface area contributed by atoms with Gasteiger partial charge in [-0.1, -0.05) is 75.3 Å². The zero-order chi connectivity index (χ0) is 21.0. The Bertz CT molecular complexity index is 971. The lowest BCUT2D eigenvalue weighted by atomic mass is 10.1. The molecule has 3 aromatic rings. The summed E-state index contributed by atoms with van der Waals surface area (Å²) in [6, 6.07) is 12.7. The highest BCUT2D eigenvalue weighted by Crippen LogP contribution is 2.37. The van der Waals surface area contributed by atoms with Crippen LogP contribution < -0.4 is 10.6 Å². The Morgan fingerprint density at radius 2 is 1.59 bits per heavy atom. The molecule has 6 nitrogen and oxygen atoms in total. The zero-order valence-corrected chi connectivity index (χ0v) is 18.3. The monoisotopic (exact) mass is 492 g/mol. The molecule has 0 radical (unpaired) electrons. The number of urea groups is 1. The Morgan fingerprint density at radius 1 is 1.00 bits per heavy atom. The number of hydrogen-bond acceptors (Lipinski definition) is 4. The standard InChI is InChI=1S/C18H13Cl5N4O2/c19-11-3-1-10(2-4-11)9-14(15-26-16(29-27-15)18(21,22)23)25-17(28)24-13-7-5-12(20)6-8-13/h1-8,14H,9H2,(H2,24,25,28)/t14-/m0/s1. The fourth-order valence-corrected chi connectivity index (χ4v) is 2.90. The van der Waals surface area contributed by atoms with Gasteiger partial charge in [0.2, 0.25) is 0 Å². The molecule has 11 heteroatoms. The molecule has 1 aromatic heterocycles. The summed E-state index contributed by atoms with van der Waals surface area (Å²) in [5.41, 5.74) is 1.44. The number of hydrogen-bond donors (Lipinski definition) is 2. The average Bonchev–Trinajstić information content (AvgIpc) is 3.15. The molecule has 0 fully saturated rings. The molecule has 152 valence electrons. The van der Waals surface area contributed by atoms with Crippen molar-refractivity contribution >= 4 is 69.7 Å². The molecule has 1 atom stereocenters. The molecule has 0 aliphatic carbocycles. The first-order valence-electron chi connectivity index (χ1n) is 8.19. The van der Waals surface area contributed by atoms with Crippen LogP contribution in [-0.2, 0) is 10.2 Å². The van der Waals surface area contributed by atoms with Crippen molar-refractivity contribution in [2.24, 2.45) is 0 Å². The third-order valence-corrected chi connectivity index (χ3v) is 4.75. The van der Waals surface area contributed by atoms with E-state index in [0.717, 1.165) is 5.56 Å². The number of carbonyl (C=O) groups excluding carboxylic acids is 1. The lowest BCUT2D eigenvalue weighted by Crippen LogP contribution is -2.34. The van der Waals surface area contributed by atoms with E-state index in [2.05, 4.69) is 20.8 Å². The van der Waals surface area contributed by atoms with E-state index >= 15 is 0 Å². The number of amides is 2. The average molecular weight is 495 g/mol. The topological polar surface area (TPSA) is 80.0 Å². The van der Waals surface area contributed by atoms with Crippen LogP contribution in [0.4, 0.5) is 10.5 Å². The van der Waals surface area contributed by atoms with Gasteiger partial charge < -0.3 is 15.2 Å². The van der Waals surface area contributed by atoms with Crippen molar-refractivity contribution < 1.29 is 9.32 Å². The van der Waals surface area contributed by atoms with Crippen molar-refractivity contribution in [2.45, 2.75) is 16.3 Å². The van der Waals surface area contributed by atoms with Gasteiger partial charge in [0.25, 0.3) is 9.68 Å². The molecule has 0 spiro atoms. The van der Waals surface area contributed by atoms with Crippen LogP contribution in [0.15, 0.2) is 53.1 Å². The molecule has 29 heavy (non-hydrogen) atoms. The maximum absolute atomic E-state index is 12.5. The molecule has 2 aromatic carbocycles. The van der Waals surface area contributed by atoms with E-state index in [1.54, 1.807) is 36.4 Å². The largest absolute Gasteiger partial charge is 0.334 e. The predicted molar refractivity (Wildman–Crippen MR) is 115 cm³/mol. The Hall–Kier alpha value is -1.70. The molecule has 0 bridgehead atoms. The second kappa shape index (κ2) is 9.41. The lowest BCUT2D eigenvalue weighted by molar-refractivity contribution is 0.247. The third kappa shape index (κ3) is 6.39. The molecule has 0 saturated carbocycles.